The summed E-state index contributed by atoms with van der Waals surface area (Å²) in [5.41, 5.74) is 12.0. The van der Waals surface area contributed by atoms with E-state index in [0.29, 0.717) is 13.0 Å². The van der Waals surface area contributed by atoms with Crippen LogP contribution in [-0.2, 0) is 16.0 Å². The molecule has 0 aliphatic heterocycles. The molecule has 5 N–H and O–H groups in total. The van der Waals surface area contributed by atoms with Gasteiger partial charge in [-0.05, 0) is 37.1 Å². The van der Waals surface area contributed by atoms with Crippen molar-refractivity contribution in [3.8, 4) is 0 Å². The third kappa shape index (κ3) is 5.45. The van der Waals surface area contributed by atoms with Crippen molar-refractivity contribution in [1.82, 2.24) is 0 Å². The molecule has 0 fully saturated rings. The number of carbonyl (C=O) groups excluding carboxylic acids is 2. The largest absolute Gasteiger partial charge is 0.369 e. The van der Waals surface area contributed by atoms with Gasteiger partial charge in [-0.1, -0.05) is 12.1 Å². The summed E-state index contributed by atoms with van der Waals surface area (Å²) in [4.78, 5) is 22.2. The maximum Gasteiger partial charge on any atom is 0.224 e. The van der Waals surface area contributed by atoms with Crippen LogP contribution in [0.1, 0.15) is 24.8 Å². The van der Waals surface area contributed by atoms with Gasteiger partial charge in [0.25, 0.3) is 0 Å². The first-order chi connectivity index (χ1) is 8.61. The molecule has 0 saturated carbocycles. The van der Waals surface area contributed by atoms with E-state index in [-0.39, 0.29) is 18.2 Å². The van der Waals surface area contributed by atoms with E-state index >= 15 is 0 Å². The Morgan fingerprint density at radius 1 is 1.11 bits per heavy atom. The van der Waals surface area contributed by atoms with Gasteiger partial charge in [0.05, 0.1) is 6.42 Å². The van der Waals surface area contributed by atoms with Crippen LogP contribution in [-0.4, -0.2) is 18.4 Å². The van der Waals surface area contributed by atoms with Crippen molar-refractivity contribution in [3.05, 3.63) is 29.8 Å². The number of amides is 2. The van der Waals surface area contributed by atoms with Gasteiger partial charge in [-0.25, -0.2) is 0 Å². The summed E-state index contributed by atoms with van der Waals surface area (Å²) >= 11 is 0. The molecule has 98 valence electrons. The number of rotatable bonds is 7. The van der Waals surface area contributed by atoms with Gasteiger partial charge in [0, 0.05) is 12.1 Å². The molecular weight excluding hydrogens is 230 g/mol. The smallest absolute Gasteiger partial charge is 0.224 e. The van der Waals surface area contributed by atoms with E-state index in [1.807, 2.05) is 0 Å². The molecule has 2 amide bonds. The molecule has 0 spiro atoms. The van der Waals surface area contributed by atoms with E-state index in [0.717, 1.165) is 24.1 Å². The summed E-state index contributed by atoms with van der Waals surface area (Å²) in [5, 5.41) is 2.79. The highest BCUT2D eigenvalue weighted by atomic mass is 16.1. The van der Waals surface area contributed by atoms with E-state index in [1.165, 1.54) is 0 Å². The second-order valence-corrected chi connectivity index (χ2v) is 4.13. The van der Waals surface area contributed by atoms with Crippen LogP contribution in [0.25, 0.3) is 0 Å². The molecule has 5 heteroatoms. The molecule has 18 heavy (non-hydrogen) atoms. The standard InChI is InChI=1S/C13H19N3O2/c14-8-2-1-3-13(18)16-11-6-4-10(5-7-11)9-12(15)17/h4-7H,1-3,8-9,14H2,(H2,15,17)(H,16,18). The number of nitrogens with one attached hydrogen (secondary N) is 1. The minimum absolute atomic E-state index is 0.0221. The maximum absolute atomic E-state index is 11.5. The molecule has 0 unspecified atom stereocenters. The summed E-state index contributed by atoms with van der Waals surface area (Å²) in [7, 11) is 0. The first-order valence-electron chi connectivity index (χ1n) is 5.99. The fourth-order valence-electron chi connectivity index (χ4n) is 1.56. The van der Waals surface area contributed by atoms with Crippen molar-refractivity contribution in [2.45, 2.75) is 25.7 Å². The summed E-state index contributed by atoms with van der Waals surface area (Å²) in [6.07, 6.45) is 2.33. The Morgan fingerprint density at radius 3 is 2.33 bits per heavy atom. The van der Waals surface area contributed by atoms with Crippen molar-refractivity contribution >= 4 is 17.5 Å². The Labute approximate surface area is 107 Å². The van der Waals surface area contributed by atoms with E-state index in [4.69, 9.17) is 11.5 Å². The monoisotopic (exact) mass is 249 g/mol. The summed E-state index contributed by atoms with van der Waals surface area (Å²) < 4.78 is 0. The molecule has 0 saturated heterocycles. The van der Waals surface area contributed by atoms with Crippen molar-refractivity contribution < 1.29 is 9.59 Å². The highest BCUT2D eigenvalue weighted by Gasteiger charge is 2.03. The lowest BCUT2D eigenvalue weighted by Crippen LogP contribution is -2.14. The number of hydrogen-bond donors (Lipinski definition) is 3. The zero-order chi connectivity index (χ0) is 13.4. The number of primary amides is 1. The lowest BCUT2D eigenvalue weighted by Gasteiger charge is -2.05. The summed E-state index contributed by atoms with van der Waals surface area (Å²) in [5.74, 6) is -0.389. The lowest BCUT2D eigenvalue weighted by atomic mass is 10.1. The van der Waals surface area contributed by atoms with Crippen LogP contribution in [0.4, 0.5) is 5.69 Å². The third-order valence-electron chi connectivity index (χ3n) is 2.47. The van der Waals surface area contributed by atoms with Gasteiger partial charge in [0.15, 0.2) is 0 Å². The van der Waals surface area contributed by atoms with Crippen molar-refractivity contribution in [2.75, 3.05) is 11.9 Å². The number of carbonyl (C=O) groups is 2. The van der Waals surface area contributed by atoms with Gasteiger partial charge in [0.1, 0.15) is 0 Å². The Balaban J connectivity index is 2.43. The van der Waals surface area contributed by atoms with E-state index in [9.17, 15) is 9.59 Å². The topological polar surface area (TPSA) is 98.2 Å². The molecule has 0 aliphatic carbocycles. The average molecular weight is 249 g/mol. The molecule has 1 rings (SSSR count). The lowest BCUT2D eigenvalue weighted by molar-refractivity contribution is -0.117. The van der Waals surface area contributed by atoms with E-state index < -0.39 is 0 Å². The van der Waals surface area contributed by atoms with Gasteiger partial charge in [-0.15, -0.1) is 0 Å². The second-order valence-electron chi connectivity index (χ2n) is 4.13. The Kier molecular flexibility index (Phi) is 5.87. The highest BCUT2D eigenvalue weighted by molar-refractivity contribution is 5.90. The molecule has 1 aromatic carbocycles. The van der Waals surface area contributed by atoms with Crippen LogP contribution in [0.5, 0.6) is 0 Å². The molecule has 0 heterocycles. The Hall–Kier alpha value is -1.88. The number of anilines is 1. The van der Waals surface area contributed by atoms with Crippen molar-refractivity contribution in [2.24, 2.45) is 11.5 Å². The fourth-order valence-corrected chi connectivity index (χ4v) is 1.56. The quantitative estimate of drug-likeness (QED) is 0.623. The number of nitrogens with two attached hydrogens (primary N) is 2. The Morgan fingerprint density at radius 2 is 1.78 bits per heavy atom. The van der Waals surface area contributed by atoms with Crippen LogP contribution in [0.3, 0.4) is 0 Å². The highest BCUT2D eigenvalue weighted by Crippen LogP contribution is 2.10. The van der Waals surface area contributed by atoms with Crippen LogP contribution in [0, 0.1) is 0 Å². The fraction of sp³-hybridized carbons (Fsp3) is 0.385. The van der Waals surface area contributed by atoms with Crippen molar-refractivity contribution in [3.63, 3.8) is 0 Å². The van der Waals surface area contributed by atoms with Gasteiger partial charge < -0.3 is 16.8 Å². The van der Waals surface area contributed by atoms with Gasteiger partial charge in [-0.3, -0.25) is 9.59 Å². The molecule has 0 radical (unpaired) electrons. The maximum atomic E-state index is 11.5. The second kappa shape index (κ2) is 7.45. The number of hydrogen-bond acceptors (Lipinski definition) is 3. The first kappa shape index (κ1) is 14.2. The zero-order valence-corrected chi connectivity index (χ0v) is 10.3. The molecule has 0 bridgehead atoms. The van der Waals surface area contributed by atoms with Gasteiger partial charge in [0.2, 0.25) is 11.8 Å². The summed E-state index contributed by atoms with van der Waals surface area (Å²) in [6, 6.07) is 7.08. The number of unbranched alkanes of at least 4 members (excludes halogenated alkanes) is 1. The Bertz CT molecular complexity index is 401. The van der Waals surface area contributed by atoms with Gasteiger partial charge in [-0.2, -0.15) is 0 Å². The van der Waals surface area contributed by atoms with Gasteiger partial charge >= 0.3 is 0 Å². The van der Waals surface area contributed by atoms with Crippen molar-refractivity contribution in [1.29, 1.82) is 0 Å². The molecule has 0 aliphatic rings. The average Bonchev–Trinajstić information content (AvgIpc) is 2.31. The van der Waals surface area contributed by atoms with E-state index in [2.05, 4.69) is 5.32 Å². The molecule has 5 nitrogen and oxygen atoms in total. The molecule has 0 atom stereocenters. The SMILES string of the molecule is NCCCCC(=O)Nc1ccc(CC(N)=O)cc1. The molecular formula is C13H19N3O2. The van der Waals surface area contributed by atoms with Crippen LogP contribution < -0.4 is 16.8 Å². The minimum Gasteiger partial charge on any atom is -0.369 e. The van der Waals surface area contributed by atoms with Crippen LogP contribution in [0.15, 0.2) is 24.3 Å². The van der Waals surface area contributed by atoms with Crippen LogP contribution >= 0.6 is 0 Å². The predicted molar refractivity (Wildman–Crippen MR) is 70.9 cm³/mol. The summed E-state index contributed by atoms with van der Waals surface area (Å²) in [6.45, 7) is 0.606. The van der Waals surface area contributed by atoms with Crippen LogP contribution in [0.2, 0.25) is 0 Å². The van der Waals surface area contributed by atoms with E-state index in [1.54, 1.807) is 24.3 Å². The molecule has 1 aromatic rings. The normalized spacial score (nSPS) is 10.1. The zero-order valence-electron chi connectivity index (χ0n) is 10.3. The minimum atomic E-state index is -0.367. The molecule has 0 aromatic heterocycles. The predicted octanol–water partition coefficient (Wildman–Crippen LogP) is 0.782. The third-order valence-corrected chi connectivity index (χ3v) is 2.47. The first-order valence-corrected chi connectivity index (χ1v) is 5.99. The number of benzene rings is 1.